The largest absolute Gasteiger partial charge is 0.480 e. The summed E-state index contributed by atoms with van der Waals surface area (Å²) in [5.74, 6) is -0.628. The maximum Gasteiger partial charge on any atom is 0.325 e. The minimum atomic E-state index is -0.846. The second kappa shape index (κ2) is 6.94. The van der Waals surface area contributed by atoms with Crippen LogP contribution in [0.2, 0.25) is 0 Å². The van der Waals surface area contributed by atoms with Crippen LogP contribution in [0.4, 0.5) is 0 Å². The molecule has 1 aliphatic rings. The Morgan fingerprint density at radius 3 is 2.22 bits per heavy atom. The molecule has 3 atom stereocenters. The molecule has 2 aromatic rings. The van der Waals surface area contributed by atoms with E-state index >= 15 is 0 Å². The number of hydrogen-bond donors (Lipinski definition) is 2. The van der Waals surface area contributed by atoms with Crippen molar-refractivity contribution in [3.05, 3.63) is 71.8 Å². The normalized spacial score (nSPS) is 22.8. The Hall–Kier alpha value is -2.17. The Labute approximate surface area is 136 Å². The summed E-state index contributed by atoms with van der Waals surface area (Å²) in [6.07, 6.45) is 0. The second-order valence-electron chi connectivity index (χ2n) is 6.07. The van der Waals surface area contributed by atoms with Gasteiger partial charge in [0.25, 0.3) is 0 Å². The molecule has 0 radical (unpaired) electrons. The van der Waals surface area contributed by atoms with Crippen LogP contribution in [0.15, 0.2) is 60.7 Å². The molecular weight excluding hydrogens is 290 g/mol. The summed E-state index contributed by atoms with van der Waals surface area (Å²) in [6, 6.07) is 18.7. The van der Waals surface area contributed by atoms with E-state index in [1.54, 1.807) is 0 Å². The van der Waals surface area contributed by atoms with Crippen molar-refractivity contribution in [3.8, 4) is 0 Å². The summed E-state index contributed by atoms with van der Waals surface area (Å²) in [5, 5.41) is 19.4. The minimum Gasteiger partial charge on any atom is -0.480 e. The Kier molecular flexibility index (Phi) is 4.74. The molecule has 1 saturated heterocycles. The molecule has 0 bridgehead atoms. The Bertz CT molecular complexity index is 644. The van der Waals surface area contributed by atoms with Crippen molar-refractivity contribution in [1.29, 1.82) is 0 Å². The summed E-state index contributed by atoms with van der Waals surface area (Å²) in [7, 11) is 0. The first-order chi connectivity index (χ1) is 11.2. The van der Waals surface area contributed by atoms with Crippen molar-refractivity contribution in [2.75, 3.05) is 19.7 Å². The van der Waals surface area contributed by atoms with Crippen LogP contribution in [0.5, 0.6) is 0 Å². The molecule has 0 amide bonds. The standard InChI is InChI=1S/C19H21NO3/c21-13-16-11-20(12-17(16)14-7-3-1-4-8-14)18(19(22)23)15-9-5-2-6-10-15/h1-10,16-18,21H,11-13H2,(H,22,23)/t16-,17-,18?/m1/s1. The van der Waals surface area contributed by atoms with E-state index in [-0.39, 0.29) is 18.4 Å². The van der Waals surface area contributed by atoms with Gasteiger partial charge in [0.05, 0.1) is 0 Å². The zero-order valence-electron chi connectivity index (χ0n) is 12.9. The molecule has 3 rings (SSSR count). The molecule has 0 aliphatic carbocycles. The predicted octanol–water partition coefficient (Wildman–Crippen LogP) is 2.52. The maximum atomic E-state index is 11.8. The van der Waals surface area contributed by atoms with Gasteiger partial charge < -0.3 is 10.2 Å². The highest BCUT2D eigenvalue weighted by Gasteiger charge is 2.39. The summed E-state index contributed by atoms with van der Waals surface area (Å²) < 4.78 is 0. The van der Waals surface area contributed by atoms with Crippen LogP contribution in [-0.2, 0) is 4.79 Å². The average molecular weight is 311 g/mol. The maximum absolute atomic E-state index is 11.8. The Balaban J connectivity index is 1.87. The number of hydrogen-bond acceptors (Lipinski definition) is 3. The van der Waals surface area contributed by atoms with Crippen LogP contribution in [0.1, 0.15) is 23.1 Å². The van der Waals surface area contributed by atoms with Gasteiger partial charge in [-0.25, -0.2) is 0 Å². The molecular formula is C19H21NO3. The molecule has 1 unspecified atom stereocenters. The molecule has 120 valence electrons. The van der Waals surface area contributed by atoms with Gasteiger partial charge in [-0.15, -0.1) is 0 Å². The second-order valence-corrected chi connectivity index (χ2v) is 6.07. The number of rotatable bonds is 5. The minimum absolute atomic E-state index is 0.0583. The summed E-state index contributed by atoms with van der Waals surface area (Å²) >= 11 is 0. The van der Waals surface area contributed by atoms with Crippen molar-refractivity contribution in [1.82, 2.24) is 4.90 Å². The lowest BCUT2D eigenvalue weighted by atomic mass is 9.90. The number of carboxylic acids is 1. The third kappa shape index (κ3) is 3.28. The number of aliphatic hydroxyl groups excluding tert-OH is 1. The van der Waals surface area contributed by atoms with Gasteiger partial charge in [-0.05, 0) is 11.1 Å². The molecule has 1 aliphatic heterocycles. The number of carbonyl (C=O) groups is 1. The van der Waals surface area contributed by atoms with Gasteiger partial charge >= 0.3 is 5.97 Å². The van der Waals surface area contributed by atoms with E-state index in [4.69, 9.17) is 0 Å². The molecule has 4 heteroatoms. The lowest BCUT2D eigenvalue weighted by molar-refractivity contribution is -0.143. The fourth-order valence-electron chi connectivity index (χ4n) is 3.52. The molecule has 0 aromatic heterocycles. The summed E-state index contributed by atoms with van der Waals surface area (Å²) in [4.78, 5) is 13.8. The lowest BCUT2D eigenvalue weighted by Crippen LogP contribution is -2.32. The molecule has 23 heavy (non-hydrogen) atoms. The van der Waals surface area contributed by atoms with Gasteiger partial charge in [0, 0.05) is 31.5 Å². The highest BCUT2D eigenvalue weighted by Crippen LogP contribution is 2.37. The number of likely N-dealkylation sites (tertiary alicyclic amines) is 1. The monoisotopic (exact) mass is 311 g/mol. The molecule has 1 heterocycles. The van der Waals surface area contributed by atoms with E-state index < -0.39 is 12.0 Å². The van der Waals surface area contributed by atoms with Crippen LogP contribution in [-0.4, -0.2) is 40.8 Å². The van der Waals surface area contributed by atoms with Crippen molar-refractivity contribution in [2.24, 2.45) is 5.92 Å². The van der Waals surface area contributed by atoms with Gasteiger partial charge in [0.15, 0.2) is 0 Å². The van der Waals surface area contributed by atoms with Gasteiger partial charge in [0.2, 0.25) is 0 Å². The van der Waals surface area contributed by atoms with Crippen molar-refractivity contribution in [3.63, 3.8) is 0 Å². The van der Waals surface area contributed by atoms with Crippen LogP contribution in [0.3, 0.4) is 0 Å². The average Bonchev–Trinajstić information content (AvgIpc) is 3.00. The molecule has 2 aromatic carbocycles. The van der Waals surface area contributed by atoms with Crippen molar-refractivity contribution in [2.45, 2.75) is 12.0 Å². The van der Waals surface area contributed by atoms with E-state index in [9.17, 15) is 15.0 Å². The van der Waals surface area contributed by atoms with Crippen LogP contribution >= 0.6 is 0 Å². The number of aliphatic hydroxyl groups is 1. The first kappa shape index (κ1) is 15.7. The first-order valence-corrected chi connectivity index (χ1v) is 7.88. The summed E-state index contributed by atoms with van der Waals surface area (Å²) in [5.41, 5.74) is 1.94. The third-order valence-electron chi connectivity index (χ3n) is 4.65. The topological polar surface area (TPSA) is 60.8 Å². The van der Waals surface area contributed by atoms with Crippen LogP contribution in [0, 0.1) is 5.92 Å². The molecule has 4 nitrogen and oxygen atoms in total. The fraction of sp³-hybridized carbons (Fsp3) is 0.316. The Morgan fingerprint density at radius 1 is 1.04 bits per heavy atom. The predicted molar refractivity (Wildman–Crippen MR) is 88.2 cm³/mol. The number of nitrogens with zero attached hydrogens (tertiary/aromatic N) is 1. The molecule has 2 N–H and O–H groups in total. The number of carboxylic acid groups (broad SMARTS) is 1. The first-order valence-electron chi connectivity index (χ1n) is 7.88. The van der Waals surface area contributed by atoms with Gasteiger partial charge in [0.1, 0.15) is 6.04 Å². The highest BCUT2D eigenvalue weighted by molar-refractivity contribution is 5.75. The van der Waals surface area contributed by atoms with Gasteiger partial charge in [-0.2, -0.15) is 0 Å². The zero-order valence-corrected chi connectivity index (χ0v) is 12.9. The SMILES string of the molecule is O=C(O)C(c1ccccc1)N1C[C@H](CO)[C@@H](c2ccccc2)C1. The highest BCUT2D eigenvalue weighted by atomic mass is 16.4. The number of benzene rings is 2. The lowest BCUT2D eigenvalue weighted by Gasteiger charge is -2.24. The smallest absolute Gasteiger partial charge is 0.325 e. The van der Waals surface area contributed by atoms with Gasteiger partial charge in [-0.3, -0.25) is 9.69 Å². The van der Waals surface area contributed by atoms with Crippen molar-refractivity contribution < 1.29 is 15.0 Å². The molecule has 0 spiro atoms. The summed E-state index contributed by atoms with van der Waals surface area (Å²) in [6.45, 7) is 1.29. The van der Waals surface area contributed by atoms with Crippen molar-refractivity contribution >= 4 is 5.97 Å². The van der Waals surface area contributed by atoms with E-state index in [0.29, 0.717) is 13.1 Å². The zero-order chi connectivity index (χ0) is 16.2. The van der Waals surface area contributed by atoms with E-state index in [1.165, 1.54) is 0 Å². The van der Waals surface area contributed by atoms with E-state index in [2.05, 4.69) is 12.1 Å². The third-order valence-corrected chi connectivity index (χ3v) is 4.65. The fourth-order valence-corrected chi connectivity index (χ4v) is 3.52. The van der Waals surface area contributed by atoms with E-state index in [1.807, 2.05) is 53.4 Å². The van der Waals surface area contributed by atoms with Gasteiger partial charge in [-0.1, -0.05) is 60.7 Å². The molecule has 0 saturated carbocycles. The number of aliphatic carboxylic acids is 1. The Morgan fingerprint density at radius 2 is 1.65 bits per heavy atom. The van der Waals surface area contributed by atoms with E-state index in [0.717, 1.165) is 11.1 Å². The van der Waals surface area contributed by atoms with Crippen LogP contribution in [0.25, 0.3) is 0 Å². The molecule has 1 fully saturated rings. The quantitative estimate of drug-likeness (QED) is 0.891. The van der Waals surface area contributed by atoms with Crippen LogP contribution < -0.4 is 0 Å².